The Bertz CT molecular complexity index is 753. The van der Waals surface area contributed by atoms with Crippen LogP contribution in [0.2, 0.25) is 0 Å². The minimum absolute atomic E-state index is 0.903. The summed E-state index contributed by atoms with van der Waals surface area (Å²) in [6.07, 6.45) is 0. The summed E-state index contributed by atoms with van der Waals surface area (Å²) in [5.74, 6) is 1.02. The lowest BCUT2D eigenvalue weighted by Gasteiger charge is -2.40. The predicted octanol–water partition coefficient (Wildman–Crippen LogP) is 3.90. The van der Waals surface area contributed by atoms with Gasteiger partial charge in [0.2, 0.25) is 0 Å². The molecule has 136 valence electrons. The zero-order valence-electron chi connectivity index (χ0n) is 15.6. The van der Waals surface area contributed by atoms with Crippen molar-refractivity contribution in [1.82, 2.24) is 14.7 Å². The maximum atomic E-state index is 4.46. The maximum absolute atomic E-state index is 4.46. The van der Waals surface area contributed by atoms with Crippen molar-refractivity contribution in [2.75, 3.05) is 51.8 Å². The molecule has 5 heteroatoms. The van der Waals surface area contributed by atoms with E-state index in [0.29, 0.717) is 0 Å². The van der Waals surface area contributed by atoms with Crippen LogP contribution < -0.4 is 4.90 Å². The normalized spacial score (nSPS) is 17.5. The lowest BCUT2D eigenvalue weighted by Crippen LogP contribution is -2.48. The minimum atomic E-state index is 0.903. The van der Waals surface area contributed by atoms with Crippen molar-refractivity contribution in [2.24, 2.45) is 0 Å². The van der Waals surface area contributed by atoms with Crippen LogP contribution in [0.25, 0.3) is 0 Å². The predicted molar refractivity (Wildman–Crippen MR) is 110 cm³/mol. The number of hydrogen-bond donors (Lipinski definition) is 0. The van der Waals surface area contributed by atoms with E-state index in [1.165, 1.54) is 21.2 Å². The molecular formula is C21H26N4S. The molecule has 2 aromatic rings. The Labute approximate surface area is 160 Å². The first-order chi connectivity index (χ1) is 12.6. The number of benzene rings is 2. The largest absolute Gasteiger partial charge is 0.348 e. The molecule has 0 amide bonds. The van der Waals surface area contributed by atoms with E-state index in [1.807, 2.05) is 11.8 Å². The highest BCUT2D eigenvalue weighted by molar-refractivity contribution is 7.99. The Hall–Kier alpha value is -1.95. The van der Waals surface area contributed by atoms with Gasteiger partial charge in [-0.1, -0.05) is 42.6 Å². The summed E-state index contributed by atoms with van der Waals surface area (Å²) < 4.78 is 0. The molecule has 0 bridgehead atoms. The first kappa shape index (κ1) is 17.5. The average Bonchev–Trinajstić information content (AvgIpc) is 2.67. The summed E-state index contributed by atoms with van der Waals surface area (Å²) in [5, 5.41) is 0. The number of para-hydroxylation sites is 2. The van der Waals surface area contributed by atoms with Gasteiger partial charge in [0.25, 0.3) is 0 Å². The molecule has 2 aromatic carbocycles. The highest BCUT2D eigenvalue weighted by atomic mass is 32.2. The molecular weight excluding hydrogens is 340 g/mol. The summed E-state index contributed by atoms with van der Waals surface area (Å²) in [7, 11) is 4.34. The van der Waals surface area contributed by atoms with Gasteiger partial charge in [0, 0.05) is 43.0 Å². The number of piperazine rings is 1. The van der Waals surface area contributed by atoms with Crippen molar-refractivity contribution in [3.63, 3.8) is 0 Å². The third-order valence-corrected chi connectivity index (χ3v) is 6.27. The van der Waals surface area contributed by atoms with Crippen molar-refractivity contribution in [3.8, 4) is 0 Å². The molecule has 1 saturated heterocycles. The molecule has 0 saturated carbocycles. The first-order valence-electron chi connectivity index (χ1n) is 9.10. The van der Waals surface area contributed by atoms with Gasteiger partial charge in [-0.2, -0.15) is 0 Å². The Morgan fingerprint density at radius 3 is 2.08 bits per heavy atom. The second-order valence-electron chi connectivity index (χ2n) is 7.05. The molecule has 0 unspecified atom stereocenters. The number of anilines is 2. The Balaban J connectivity index is 1.59. The molecule has 0 spiro atoms. The summed E-state index contributed by atoms with van der Waals surface area (Å²) >= 11 is 1.83. The molecule has 0 aliphatic carbocycles. The SMILES string of the molecule is C=C(N(C)CN1CCN(C)CC1)N1c2ccccc2Sc2ccccc21. The molecule has 1 fully saturated rings. The molecule has 2 heterocycles. The number of likely N-dealkylation sites (N-methyl/N-ethyl adjacent to an activating group) is 1. The Morgan fingerprint density at radius 1 is 0.962 bits per heavy atom. The van der Waals surface area contributed by atoms with E-state index in [1.54, 1.807) is 0 Å². The van der Waals surface area contributed by atoms with Crippen LogP contribution in [-0.2, 0) is 0 Å². The lowest BCUT2D eigenvalue weighted by atomic mass is 10.2. The van der Waals surface area contributed by atoms with Gasteiger partial charge in [0.15, 0.2) is 0 Å². The standard InChI is InChI=1S/C21H26N4S/c1-17(23(3)16-24-14-12-22(2)13-15-24)25-18-8-4-6-10-20(18)26-21-11-7-5-9-19(21)25/h4-11H,1,12-16H2,2-3H3. The third kappa shape index (κ3) is 3.34. The molecule has 2 aliphatic rings. The Morgan fingerprint density at radius 2 is 1.50 bits per heavy atom. The first-order valence-corrected chi connectivity index (χ1v) is 9.92. The van der Waals surface area contributed by atoms with Crippen molar-refractivity contribution < 1.29 is 0 Å². The van der Waals surface area contributed by atoms with Gasteiger partial charge in [0.05, 0.1) is 18.0 Å². The van der Waals surface area contributed by atoms with Gasteiger partial charge in [-0.3, -0.25) is 9.80 Å². The van der Waals surface area contributed by atoms with Crippen molar-refractivity contribution in [3.05, 3.63) is 60.9 Å². The van der Waals surface area contributed by atoms with Gasteiger partial charge in [-0.05, 0) is 31.3 Å². The van der Waals surface area contributed by atoms with Crippen LogP contribution in [0.5, 0.6) is 0 Å². The highest BCUT2D eigenvalue weighted by Gasteiger charge is 2.27. The van der Waals surface area contributed by atoms with Crippen molar-refractivity contribution >= 4 is 23.1 Å². The van der Waals surface area contributed by atoms with Crippen molar-refractivity contribution in [2.45, 2.75) is 9.79 Å². The maximum Gasteiger partial charge on any atom is 0.107 e. The summed E-state index contributed by atoms with van der Waals surface area (Å²) in [4.78, 5) is 12.0. The monoisotopic (exact) mass is 366 g/mol. The summed E-state index contributed by atoms with van der Waals surface area (Å²) in [5.41, 5.74) is 2.43. The van der Waals surface area contributed by atoms with Crippen LogP contribution in [0.3, 0.4) is 0 Å². The molecule has 2 aliphatic heterocycles. The van der Waals surface area contributed by atoms with Crippen LogP contribution in [0.4, 0.5) is 11.4 Å². The highest BCUT2D eigenvalue weighted by Crippen LogP contribution is 2.49. The lowest BCUT2D eigenvalue weighted by molar-refractivity contribution is 0.110. The van der Waals surface area contributed by atoms with Gasteiger partial charge in [-0.25, -0.2) is 0 Å². The number of nitrogens with zero attached hydrogens (tertiary/aromatic N) is 4. The minimum Gasteiger partial charge on any atom is -0.348 e. The molecule has 4 nitrogen and oxygen atoms in total. The second-order valence-corrected chi connectivity index (χ2v) is 8.13. The molecule has 0 N–H and O–H groups in total. The van der Waals surface area contributed by atoms with Gasteiger partial charge >= 0.3 is 0 Å². The van der Waals surface area contributed by atoms with Gasteiger partial charge < -0.3 is 9.80 Å². The molecule has 0 atom stereocenters. The zero-order valence-corrected chi connectivity index (χ0v) is 16.4. The van der Waals surface area contributed by atoms with Crippen LogP contribution in [0.15, 0.2) is 70.7 Å². The van der Waals surface area contributed by atoms with E-state index in [-0.39, 0.29) is 0 Å². The summed E-state index contributed by atoms with van der Waals surface area (Å²) in [6, 6.07) is 17.2. The van der Waals surface area contributed by atoms with Crippen molar-refractivity contribution in [1.29, 1.82) is 0 Å². The molecule has 0 radical (unpaired) electrons. The number of fused-ring (bicyclic) bond motifs is 2. The Kier molecular flexibility index (Phi) is 4.94. The zero-order chi connectivity index (χ0) is 18.1. The van der Waals surface area contributed by atoms with E-state index >= 15 is 0 Å². The van der Waals surface area contributed by atoms with Crippen LogP contribution >= 0.6 is 11.8 Å². The fourth-order valence-corrected chi connectivity index (χ4v) is 4.58. The summed E-state index contributed by atoms with van der Waals surface area (Å²) in [6.45, 7) is 9.84. The smallest absolute Gasteiger partial charge is 0.107 e. The topological polar surface area (TPSA) is 13.0 Å². The van der Waals surface area contributed by atoms with Crippen LogP contribution in [0.1, 0.15) is 0 Å². The van der Waals surface area contributed by atoms with Crippen LogP contribution in [-0.4, -0.2) is 61.6 Å². The number of rotatable bonds is 4. The third-order valence-electron chi connectivity index (χ3n) is 5.14. The fourth-order valence-electron chi connectivity index (χ4n) is 3.52. The van der Waals surface area contributed by atoms with E-state index < -0.39 is 0 Å². The number of hydrogen-bond acceptors (Lipinski definition) is 5. The second kappa shape index (κ2) is 7.35. The molecule has 26 heavy (non-hydrogen) atoms. The molecule has 0 aromatic heterocycles. The quantitative estimate of drug-likeness (QED) is 0.811. The average molecular weight is 367 g/mol. The fraction of sp³-hybridized carbons (Fsp3) is 0.333. The van der Waals surface area contributed by atoms with E-state index in [9.17, 15) is 0 Å². The molecule has 4 rings (SSSR count). The van der Waals surface area contributed by atoms with Gasteiger partial charge in [-0.15, -0.1) is 0 Å². The van der Waals surface area contributed by atoms with E-state index in [0.717, 1.165) is 38.7 Å². The van der Waals surface area contributed by atoms with E-state index in [2.05, 4.69) is 88.8 Å². The van der Waals surface area contributed by atoms with Crippen LogP contribution in [0, 0.1) is 0 Å². The van der Waals surface area contributed by atoms with Gasteiger partial charge in [0.1, 0.15) is 5.82 Å². The van der Waals surface area contributed by atoms with E-state index in [4.69, 9.17) is 0 Å².